The molecule has 1 fully saturated rings. The second-order valence-electron chi connectivity index (χ2n) is 4.12. The van der Waals surface area contributed by atoms with Crippen LogP contribution in [0.1, 0.15) is 24.0 Å². The summed E-state index contributed by atoms with van der Waals surface area (Å²) < 4.78 is 0. The fourth-order valence-corrected chi connectivity index (χ4v) is 1.57. The fourth-order valence-electron chi connectivity index (χ4n) is 1.57. The van der Waals surface area contributed by atoms with Gasteiger partial charge in [0.1, 0.15) is 0 Å². The number of nitrogens with one attached hydrogen (secondary N) is 1. The summed E-state index contributed by atoms with van der Waals surface area (Å²) in [5.74, 6) is 0.447. The standard InChI is InChI=1S/C12H16N2O/c1-8-10(3-2-4-11(8)13)7-14-12(15)9-5-6-9/h2-4,9H,5-7,13H2,1H3,(H,14,15). The molecule has 2 rings (SSSR count). The lowest BCUT2D eigenvalue weighted by atomic mass is 10.1. The lowest BCUT2D eigenvalue weighted by molar-refractivity contribution is -0.122. The smallest absolute Gasteiger partial charge is 0.223 e. The van der Waals surface area contributed by atoms with E-state index in [2.05, 4.69) is 5.32 Å². The molecule has 15 heavy (non-hydrogen) atoms. The fraction of sp³-hybridized carbons (Fsp3) is 0.417. The molecule has 1 amide bonds. The van der Waals surface area contributed by atoms with E-state index in [0.717, 1.165) is 29.7 Å². The van der Waals surface area contributed by atoms with Crippen molar-refractivity contribution in [2.75, 3.05) is 5.73 Å². The van der Waals surface area contributed by atoms with Crippen molar-refractivity contribution in [1.82, 2.24) is 5.32 Å². The Labute approximate surface area is 89.7 Å². The molecule has 0 unspecified atom stereocenters. The molecule has 0 radical (unpaired) electrons. The van der Waals surface area contributed by atoms with Crippen LogP contribution in [0.2, 0.25) is 0 Å². The zero-order valence-corrected chi connectivity index (χ0v) is 8.92. The van der Waals surface area contributed by atoms with Crippen LogP contribution in [0.15, 0.2) is 18.2 Å². The third kappa shape index (κ3) is 2.29. The first-order valence-electron chi connectivity index (χ1n) is 5.30. The van der Waals surface area contributed by atoms with Gasteiger partial charge in [-0.15, -0.1) is 0 Å². The summed E-state index contributed by atoms with van der Waals surface area (Å²) >= 11 is 0. The van der Waals surface area contributed by atoms with Gasteiger partial charge >= 0.3 is 0 Å². The molecule has 0 bridgehead atoms. The molecule has 1 aromatic rings. The Morgan fingerprint density at radius 3 is 2.93 bits per heavy atom. The maximum atomic E-state index is 11.4. The Kier molecular flexibility index (Phi) is 2.62. The number of carbonyl (C=O) groups excluding carboxylic acids is 1. The van der Waals surface area contributed by atoms with Crippen molar-refractivity contribution in [3.05, 3.63) is 29.3 Å². The summed E-state index contributed by atoms with van der Waals surface area (Å²) in [6, 6.07) is 5.79. The highest BCUT2D eigenvalue weighted by atomic mass is 16.2. The third-order valence-corrected chi connectivity index (χ3v) is 2.89. The van der Waals surface area contributed by atoms with E-state index in [9.17, 15) is 4.79 Å². The van der Waals surface area contributed by atoms with Crippen LogP contribution in [0.4, 0.5) is 5.69 Å². The normalized spacial score (nSPS) is 15.0. The van der Waals surface area contributed by atoms with Crippen LogP contribution >= 0.6 is 0 Å². The predicted molar refractivity (Wildman–Crippen MR) is 60.2 cm³/mol. The Bertz CT molecular complexity index is 383. The van der Waals surface area contributed by atoms with Gasteiger partial charge < -0.3 is 11.1 Å². The average molecular weight is 204 g/mol. The Morgan fingerprint density at radius 2 is 2.27 bits per heavy atom. The van der Waals surface area contributed by atoms with E-state index in [1.165, 1.54) is 0 Å². The molecule has 1 aliphatic carbocycles. The lowest BCUT2D eigenvalue weighted by Crippen LogP contribution is -2.24. The molecule has 0 heterocycles. The molecule has 0 spiro atoms. The minimum Gasteiger partial charge on any atom is -0.399 e. The summed E-state index contributed by atoms with van der Waals surface area (Å²) in [5, 5.41) is 2.93. The van der Waals surface area contributed by atoms with Crippen molar-refractivity contribution in [2.24, 2.45) is 5.92 Å². The van der Waals surface area contributed by atoms with Crippen LogP contribution in [0.25, 0.3) is 0 Å². The van der Waals surface area contributed by atoms with Gasteiger partial charge in [-0.25, -0.2) is 0 Å². The molecule has 1 aliphatic rings. The van der Waals surface area contributed by atoms with E-state index in [-0.39, 0.29) is 11.8 Å². The Hall–Kier alpha value is -1.51. The lowest BCUT2D eigenvalue weighted by Gasteiger charge is -2.09. The largest absolute Gasteiger partial charge is 0.399 e. The molecule has 0 aromatic heterocycles. The summed E-state index contributed by atoms with van der Waals surface area (Å²) in [6.45, 7) is 2.57. The van der Waals surface area contributed by atoms with Crippen molar-refractivity contribution in [3.8, 4) is 0 Å². The van der Waals surface area contributed by atoms with Crippen molar-refractivity contribution in [3.63, 3.8) is 0 Å². The number of nitrogens with two attached hydrogens (primary N) is 1. The summed E-state index contributed by atoms with van der Waals surface area (Å²) in [7, 11) is 0. The minimum atomic E-state index is 0.178. The molecular weight excluding hydrogens is 188 g/mol. The van der Waals surface area contributed by atoms with E-state index in [0.29, 0.717) is 6.54 Å². The first-order valence-corrected chi connectivity index (χ1v) is 5.30. The first-order chi connectivity index (χ1) is 7.18. The Balaban J connectivity index is 1.98. The van der Waals surface area contributed by atoms with E-state index in [4.69, 9.17) is 5.73 Å². The van der Waals surface area contributed by atoms with E-state index in [1.54, 1.807) is 0 Å². The summed E-state index contributed by atoms with van der Waals surface area (Å²) in [6.07, 6.45) is 2.09. The molecule has 1 aromatic carbocycles. The van der Waals surface area contributed by atoms with Gasteiger partial charge in [0.15, 0.2) is 0 Å². The van der Waals surface area contributed by atoms with Crippen molar-refractivity contribution in [1.29, 1.82) is 0 Å². The number of hydrogen-bond donors (Lipinski definition) is 2. The van der Waals surface area contributed by atoms with Gasteiger partial charge in [-0.1, -0.05) is 12.1 Å². The molecule has 0 aliphatic heterocycles. The number of rotatable bonds is 3. The van der Waals surface area contributed by atoms with Gasteiger partial charge in [0.05, 0.1) is 0 Å². The third-order valence-electron chi connectivity index (χ3n) is 2.89. The molecule has 3 heteroatoms. The first kappa shape index (κ1) is 10.0. The topological polar surface area (TPSA) is 55.1 Å². The van der Waals surface area contributed by atoms with Crippen molar-refractivity contribution >= 4 is 11.6 Å². The highest BCUT2D eigenvalue weighted by Gasteiger charge is 2.29. The predicted octanol–water partition coefficient (Wildman–Crippen LogP) is 1.60. The monoisotopic (exact) mass is 204 g/mol. The van der Waals surface area contributed by atoms with Gasteiger partial charge in [0.25, 0.3) is 0 Å². The van der Waals surface area contributed by atoms with Crippen molar-refractivity contribution < 1.29 is 4.79 Å². The zero-order chi connectivity index (χ0) is 10.8. The number of carbonyl (C=O) groups is 1. The van der Waals surface area contributed by atoms with E-state index < -0.39 is 0 Å². The number of benzene rings is 1. The zero-order valence-electron chi connectivity index (χ0n) is 8.92. The van der Waals surface area contributed by atoms with E-state index in [1.807, 2.05) is 25.1 Å². The number of nitrogen functional groups attached to an aromatic ring is 1. The molecule has 80 valence electrons. The van der Waals surface area contributed by atoms with Crippen LogP contribution in [-0.4, -0.2) is 5.91 Å². The van der Waals surface area contributed by atoms with Crippen LogP contribution in [0.3, 0.4) is 0 Å². The molecule has 0 atom stereocenters. The second kappa shape index (κ2) is 3.93. The molecular formula is C12H16N2O. The SMILES string of the molecule is Cc1c(N)cccc1CNC(=O)C1CC1. The molecule has 3 nitrogen and oxygen atoms in total. The van der Waals surface area contributed by atoms with Gasteiger partial charge in [-0.05, 0) is 37.0 Å². The molecule has 0 saturated heterocycles. The van der Waals surface area contributed by atoms with Crippen molar-refractivity contribution in [2.45, 2.75) is 26.3 Å². The van der Waals surface area contributed by atoms with Gasteiger partial charge in [-0.2, -0.15) is 0 Å². The quantitative estimate of drug-likeness (QED) is 0.735. The van der Waals surface area contributed by atoms with Crippen LogP contribution in [-0.2, 0) is 11.3 Å². The average Bonchev–Trinajstić information content (AvgIpc) is 3.03. The van der Waals surface area contributed by atoms with Crippen LogP contribution in [0.5, 0.6) is 0 Å². The van der Waals surface area contributed by atoms with Gasteiger partial charge in [-0.3, -0.25) is 4.79 Å². The van der Waals surface area contributed by atoms with Crippen LogP contribution < -0.4 is 11.1 Å². The molecule has 1 saturated carbocycles. The van der Waals surface area contributed by atoms with E-state index >= 15 is 0 Å². The highest BCUT2D eigenvalue weighted by Crippen LogP contribution is 2.28. The maximum Gasteiger partial charge on any atom is 0.223 e. The van der Waals surface area contributed by atoms with Gasteiger partial charge in [0, 0.05) is 18.2 Å². The highest BCUT2D eigenvalue weighted by molar-refractivity contribution is 5.80. The number of amides is 1. The molecule has 3 N–H and O–H groups in total. The maximum absolute atomic E-state index is 11.4. The van der Waals surface area contributed by atoms with Crippen LogP contribution in [0, 0.1) is 12.8 Å². The summed E-state index contributed by atoms with van der Waals surface area (Å²) in [4.78, 5) is 11.4. The second-order valence-corrected chi connectivity index (χ2v) is 4.12. The minimum absolute atomic E-state index is 0.178. The summed E-state index contributed by atoms with van der Waals surface area (Å²) in [5.41, 5.74) is 8.74. The Morgan fingerprint density at radius 1 is 1.53 bits per heavy atom. The van der Waals surface area contributed by atoms with Gasteiger partial charge in [0.2, 0.25) is 5.91 Å². The number of hydrogen-bond acceptors (Lipinski definition) is 2. The number of anilines is 1.